The normalized spacial score (nSPS) is 10.1. The molecule has 0 spiro atoms. The van der Waals surface area contributed by atoms with E-state index in [0.29, 0.717) is 18.8 Å². The summed E-state index contributed by atoms with van der Waals surface area (Å²) in [6, 6.07) is 1.60. The molecule has 94 valence electrons. The van der Waals surface area contributed by atoms with Crippen molar-refractivity contribution < 1.29 is 14.3 Å². The van der Waals surface area contributed by atoms with E-state index in [1.165, 1.54) is 0 Å². The van der Waals surface area contributed by atoms with Crippen molar-refractivity contribution in [3.05, 3.63) is 22.4 Å². The average molecular weight is 303 g/mol. The molecular formula is C11H15BrN2O3. The van der Waals surface area contributed by atoms with Gasteiger partial charge in [0.05, 0.1) is 0 Å². The van der Waals surface area contributed by atoms with Crippen LogP contribution >= 0.6 is 15.9 Å². The first-order valence-corrected chi connectivity index (χ1v) is 6.16. The van der Waals surface area contributed by atoms with Gasteiger partial charge >= 0.3 is 5.97 Å². The maximum absolute atomic E-state index is 11.6. The van der Waals surface area contributed by atoms with Crippen LogP contribution < -0.4 is 0 Å². The van der Waals surface area contributed by atoms with Crippen molar-refractivity contribution in [2.24, 2.45) is 0 Å². The molecule has 5 nitrogen and oxygen atoms in total. The fourth-order valence-electron chi connectivity index (χ4n) is 1.36. The largest absolute Gasteiger partial charge is 0.451 e. The SMILES string of the molecule is CCN(CC)C(=O)COC(=O)c1cc(Br)c[nH]1. The minimum Gasteiger partial charge on any atom is -0.451 e. The van der Waals surface area contributed by atoms with E-state index in [4.69, 9.17) is 4.74 Å². The second-order valence-electron chi connectivity index (χ2n) is 3.37. The van der Waals surface area contributed by atoms with Crippen LogP contribution in [0, 0.1) is 0 Å². The quantitative estimate of drug-likeness (QED) is 0.844. The van der Waals surface area contributed by atoms with Gasteiger partial charge in [0.1, 0.15) is 5.69 Å². The van der Waals surface area contributed by atoms with Gasteiger partial charge in [-0.1, -0.05) is 0 Å². The van der Waals surface area contributed by atoms with Gasteiger partial charge < -0.3 is 14.6 Å². The van der Waals surface area contributed by atoms with Crippen molar-refractivity contribution in [1.82, 2.24) is 9.88 Å². The van der Waals surface area contributed by atoms with Gasteiger partial charge in [0.2, 0.25) is 0 Å². The Labute approximate surface area is 108 Å². The lowest BCUT2D eigenvalue weighted by Crippen LogP contribution is -2.34. The smallest absolute Gasteiger partial charge is 0.355 e. The van der Waals surface area contributed by atoms with Gasteiger partial charge in [0.15, 0.2) is 6.61 Å². The number of carbonyl (C=O) groups excluding carboxylic acids is 2. The van der Waals surface area contributed by atoms with Crippen molar-refractivity contribution in [1.29, 1.82) is 0 Å². The van der Waals surface area contributed by atoms with Gasteiger partial charge in [0, 0.05) is 23.8 Å². The number of hydrogen-bond acceptors (Lipinski definition) is 3. The zero-order valence-electron chi connectivity index (χ0n) is 9.83. The van der Waals surface area contributed by atoms with Crippen molar-refractivity contribution >= 4 is 27.8 Å². The highest BCUT2D eigenvalue weighted by atomic mass is 79.9. The second-order valence-corrected chi connectivity index (χ2v) is 4.29. The molecule has 1 amide bonds. The van der Waals surface area contributed by atoms with Gasteiger partial charge in [0.25, 0.3) is 5.91 Å². The van der Waals surface area contributed by atoms with Crippen molar-refractivity contribution in [2.45, 2.75) is 13.8 Å². The highest BCUT2D eigenvalue weighted by molar-refractivity contribution is 9.10. The Morgan fingerprint density at radius 2 is 2.06 bits per heavy atom. The van der Waals surface area contributed by atoms with E-state index in [1.807, 2.05) is 13.8 Å². The standard InChI is InChI=1S/C11H15BrN2O3/c1-3-14(4-2)10(15)7-17-11(16)9-5-8(12)6-13-9/h5-6,13H,3-4,7H2,1-2H3. The Bertz CT molecular complexity index is 399. The van der Waals surface area contributed by atoms with Crippen LogP contribution in [0.4, 0.5) is 0 Å². The molecule has 0 aliphatic carbocycles. The molecule has 1 N–H and O–H groups in total. The molecule has 6 heteroatoms. The number of aromatic nitrogens is 1. The topological polar surface area (TPSA) is 62.4 Å². The molecule has 0 aromatic carbocycles. The molecule has 1 aromatic rings. The monoisotopic (exact) mass is 302 g/mol. The number of H-pyrrole nitrogens is 1. The molecule has 0 fully saturated rings. The summed E-state index contributed by atoms with van der Waals surface area (Å²) in [6.45, 7) is 4.76. The van der Waals surface area contributed by atoms with Gasteiger partial charge in [-0.05, 0) is 35.8 Å². The summed E-state index contributed by atoms with van der Waals surface area (Å²) >= 11 is 3.21. The van der Waals surface area contributed by atoms with Crippen LogP contribution in [0.25, 0.3) is 0 Å². The molecule has 0 bridgehead atoms. The predicted molar refractivity (Wildman–Crippen MR) is 66.7 cm³/mol. The minimum absolute atomic E-state index is 0.186. The number of ether oxygens (including phenoxy) is 1. The number of likely N-dealkylation sites (N-methyl/N-ethyl adjacent to an activating group) is 1. The lowest BCUT2D eigenvalue weighted by molar-refractivity contribution is -0.134. The number of carbonyl (C=O) groups is 2. The number of rotatable bonds is 5. The fourth-order valence-corrected chi connectivity index (χ4v) is 1.70. The van der Waals surface area contributed by atoms with Crippen molar-refractivity contribution in [3.8, 4) is 0 Å². The average Bonchev–Trinajstić information content (AvgIpc) is 2.74. The maximum Gasteiger partial charge on any atom is 0.355 e. The number of halogens is 1. The lowest BCUT2D eigenvalue weighted by Gasteiger charge is -2.17. The first-order chi connectivity index (χ1) is 8.08. The number of aromatic amines is 1. The van der Waals surface area contributed by atoms with E-state index in [2.05, 4.69) is 20.9 Å². The van der Waals surface area contributed by atoms with Crippen LogP contribution in [-0.2, 0) is 9.53 Å². The number of nitrogens with one attached hydrogen (secondary N) is 1. The van der Waals surface area contributed by atoms with Crippen LogP contribution in [0.15, 0.2) is 16.7 Å². The summed E-state index contributed by atoms with van der Waals surface area (Å²) in [5.74, 6) is -0.717. The molecular weight excluding hydrogens is 288 g/mol. The summed E-state index contributed by atoms with van der Waals surface area (Å²) in [7, 11) is 0. The highest BCUT2D eigenvalue weighted by Crippen LogP contribution is 2.11. The van der Waals surface area contributed by atoms with E-state index in [9.17, 15) is 9.59 Å². The third kappa shape index (κ3) is 3.89. The summed E-state index contributed by atoms with van der Waals surface area (Å²) in [5.41, 5.74) is 0.323. The molecule has 0 saturated carbocycles. The first kappa shape index (κ1) is 13.8. The molecule has 1 aromatic heterocycles. The van der Waals surface area contributed by atoms with Crippen LogP contribution in [0.2, 0.25) is 0 Å². The zero-order chi connectivity index (χ0) is 12.8. The van der Waals surface area contributed by atoms with Gasteiger partial charge in [-0.15, -0.1) is 0 Å². The van der Waals surface area contributed by atoms with Crippen LogP contribution in [0.3, 0.4) is 0 Å². The van der Waals surface area contributed by atoms with Crippen molar-refractivity contribution in [2.75, 3.05) is 19.7 Å². The number of nitrogens with zero attached hydrogens (tertiary/aromatic N) is 1. The van der Waals surface area contributed by atoms with E-state index >= 15 is 0 Å². The Hall–Kier alpha value is -1.30. The van der Waals surface area contributed by atoms with Gasteiger partial charge in [-0.25, -0.2) is 4.79 Å². The molecule has 0 radical (unpaired) electrons. The molecule has 17 heavy (non-hydrogen) atoms. The van der Waals surface area contributed by atoms with Gasteiger partial charge in [-0.2, -0.15) is 0 Å². The summed E-state index contributed by atoms with van der Waals surface area (Å²) in [6.07, 6.45) is 1.63. The van der Waals surface area contributed by atoms with E-state index in [-0.39, 0.29) is 12.5 Å². The minimum atomic E-state index is -0.531. The van der Waals surface area contributed by atoms with Gasteiger partial charge in [-0.3, -0.25) is 4.79 Å². The molecule has 0 unspecified atom stereocenters. The zero-order valence-corrected chi connectivity index (χ0v) is 11.4. The predicted octanol–water partition coefficient (Wildman–Crippen LogP) is 1.80. The molecule has 0 saturated heterocycles. The fraction of sp³-hybridized carbons (Fsp3) is 0.455. The van der Waals surface area contributed by atoms with Crippen LogP contribution in [0.5, 0.6) is 0 Å². The Morgan fingerprint density at radius 3 is 2.53 bits per heavy atom. The maximum atomic E-state index is 11.6. The first-order valence-electron chi connectivity index (χ1n) is 5.37. The Morgan fingerprint density at radius 1 is 1.41 bits per heavy atom. The number of hydrogen-bond donors (Lipinski definition) is 1. The number of esters is 1. The second kappa shape index (κ2) is 6.44. The number of amides is 1. The van der Waals surface area contributed by atoms with E-state index < -0.39 is 5.97 Å². The molecule has 0 atom stereocenters. The van der Waals surface area contributed by atoms with Crippen LogP contribution in [0.1, 0.15) is 24.3 Å². The molecule has 1 heterocycles. The highest BCUT2D eigenvalue weighted by Gasteiger charge is 2.14. The van der Waals surface area contributed by atoms with Crippen molar-refractivity contribution in [3.63, 3.8) is 0 Å². The third-order valence-electron chi connectivity index (χ3n) is 2.31. The van der Waals surface area contributed by atoms with E-state index in [0.717, 1.165) is 4.47 Å². The summed E-state index contributed by atoms with van der Waals surface area (Å²) in [4.78, 5) is 27.4. The molecule has 1 rings (SSSR count). The summed E-state index contributed by atoms with van der Waals surface area (Å²) < 4.78 is 5.67. The Balaban J connectivity index is 2.46. The summed E-state index contributed by atoms with van der Waals surface area (Å²) in [5, 5.41) is 0. The third-order valence-corrected chi connectivity index (χ3v) is 2.77. The Kier molecular flexibility index (Phi) is 5.21. The van der Waals surface area contributed by atoms with Crippen LogP contribution in [-0.4, -0.2) is 41.5 Å². The molecule has 0 aliphatic rings. The van der Waals surface area contributed by atoms with E-state index in [1.54, 1.807) is 17.2 Å². The molecule has 0 aliphatic heterocycles. The lowest BCUT2D eigenvalue weighted by atomic mass is 10.4.